The van der Waals surface area contributed by atoms with Gasteiger partial charge in [0.05, 0.1) is 16.8 Å². The number of halogens is 2. The summed E-state index contributed by atoms with van der Waals surface area (Å²) >= 11 is 7.54. The average Bonchev–Trinajstić information content (AvgIpc) is 2.72. The average molecular weight is 273 g/mol. The number of hydrogen-bond acceptors (Lipinski definition) is 3. The summed E-state index contributed by atoms with van der Waals surface area (Å²) in [5.74, 6) is 1.08. The Morgan fingerprint density at radius 3 is 2.88 bits per heavy atom. The zero-order chi connectivity index (χ0) is 12.4. The van der Waals surface area contributed by atoms with Crippen LogP contribution >= 0.6 is 23.4 Å². The van der Waals surface area contributed by atoms with Gasteiger partial charge in [-0.1, -0.05) is 43.3 Å². The van der Waals surface area contributed by atoms with E-state index < -0.39 is 0 Å². The van der Waals surface area contributed by atoms with Gasteiger partial charge in [-0.05, 0) is 18.1 Å². The van der Waals surface area contributed by atoms with Crippen molar-refractivity contribution >= 4 is 34.2 Å². The fourth-order valence-electron chi connectivity index (χ4n) is 1.52. The molecule has 0 saturated heterocycles. The van der Waals surface area contributed by atoms with Gasteiger partial charge >= 0.3 is 0 Å². The highest BCUT2D eigenvalue weighted by atomic mass is 35.5. The van der Waals surface area contributed by atoms with Crippen molar-refractivity contribution in [1.82, 2.24) is 0 Å². The van der Waals surface area contributed by atoms with Crippen LogP contribution in [0.3, 0.4) is 0 Å². The van der Waals surface area contributed by atoms with E-state index in [1.807, 2.05) is 0 Å². The maximum Gasteiger partial charge on any atom is 0.161 e. The van der Waals surface area contributed by atoms with Crippen molar-refractivity contribution in [3.05, 3.63) is 29.0 Å². The first-order chi connectivity index (χ1) is 8.08. The molecular formula is C12H14ClFN2S. The molecule has 1 aliphatic heterocycles. The minimum absolute atomic E-state index is 0.299. The number of aliphatic imine (C=N–C) groups is 1. The minimum Gasteiger partial charge on any atom is -0.331 e. The largest absolute Gasteiger partial charge is 0.331 e. The normalized spacial score (nSPS) is 19.6. The summed E-state index contributed by atoms with van der Waals surface area (Å²) in [7, 11) is 0. The lowest BCUT2D eigenvalue weighted by Gasteiger charge is -2.09. The molecule has 1 N–H and O–H groups in total. The number of nitrogens with zero attached hydrogens (tertiary/aromatic N) is 1. The number of para-hydroxylation sites is 1. The molecule has 1 aromatic rings. The van der Waals surface area contributed by atoms with Gasteiger partial charge in [0.2, 0.25) is 0 Å². The number of anilines is 1. The Labute approximate surface area is 110 Å². The van der Waals surface area contributed by atoms with Gasteiger partial charge in [0, 0.05) is 5.75 Å². The van der Waals surface area contributed by atoms with Gasteiger partial charge < -0.3 is 5.32 Å². The molecule has 0 aliphatic carbocycles. The van der Waals surface area contributed by atoms with Crippen LogP contribution in [0.1, 0.15) is 13.8 Å². The molecule has 0 fully saturated rings. The number of hydrogen-bond donors (Lipinski definition) is 1. The molecule has 0 saturated carbocycles. The Kier molecular flexibility index (Phi) is 3.94. The smallest absolute Gasteiger partial charge is 0.161 e. The van der Waals surface area contributed by atoms with Crippen LogP contribution in [0.15, 0.2) is 23.2 Å². The highest BCUT2D eigenvalue weighted by Gasteiger charge is 2.22. The second-order valence-corrected chi connectivity index (χ2v) is 5.69. The molecule has 0 radical (unpaired) electrons. The summed E-state index contributed by atoms with van der Waals surface area (Å²) < 4.78 is 13.5. The number of benzene rings is 1. The Morgan fingerprint density at radius 1 is 1.53 bits per heavy atom. The predicted molar refractivity (Wildman–Crippen MR) is 73.6 cm³/mol. The van der Waals surface area contributed by atoms with E-state index in [2.05, 4.69) is 24.2 Å². The van der Waals surface area contributed by atoms with Crippen molar-refractivity contribution in [3.63, 3.8) is 0 Å². The molecule has 5 heteroatoms. The molecule has 1 aliphatic rings. The van der Waals surface area contributed by atoms with Gasteiger partial charge in [-0.15, -0.1) is 0 Å². The van der Waals surface area contributed by atoms with Crippen molar-refractivity contribution < 1.29 is 4.39 Å². The van der Waals surface area contributed by atoms with E-state index in [1.54, 1.807) is 23.9 Å². The topological polar surface area (TPSA) is 24.4 Å². The van der Waals surface area contributed by atoms with Crippen LogP contribution in [-0.2, 0) is 0 Å². The zero-order valence-electron chi connectivity index (χ0n) is 9.71. The lowest BCUT2D eigenvalue weighted by atomic mass is 10.1. The van der Waals surface area contributed by atoms with Crippen LogP contribution < -0.4 is 5.32 Å². The number of nitrogens with one attached hydrogen (secondary N) is 1. The maximum atomic E-state index is 13.5. The molecule has 1 aromatic carbocycles. The number of amidine groups is 1. The van der Waals surface area contributed by atoms with Gasteiger partial charge in [-0.3, -0.25) is 4.99 Å². The Balaban J connectivity index is 2.15. The van der Waals surface area contributed by atoms with E-state index in [1.165, 1.54) is 6.07 Å². The molecule has 0 amide bonds. The first-order valence-electron chi connectivity index (χ1n) is 5.49. The van der Waals surface area contributed by atoms with Crippen molar-refractivity contribution in [1.29, 1.82) is 0 Å². The van der Waals surface area contributed by atoms with E-state index in [0.717, 1.165) is 10.9 Å². The number of thioether (sulfide) groups is 1. The highest BCUT2D eigenvalue weighted by molar-refractivity contribution is 8.14. The molecule has 2 rings (SSSR count). The third-order valence-electron chi connectivity index (χ3n) is 2.64. The summed E-state index contributed by atoms with van der Waals surface area (Å²) in [5, 5.41) is 4.09. The standard InChI is InChI=1S/C12H14ClFN2S/c1-7(2)10-6-17-12(15-10)16-11-8(13)4-3-5-9(11)14/h3-5,7,10H,6H2,1-2H3,(H,15,16)/t10-/m1/s1. The fraction of sp³-hybridized carbons (Fsp3) is 0.417. The summed E-state index contributed by atoms with van der Waals surface area (Å²) in [6.45, 7) is 4.27. The van der Waals surface area contributed by atoms with Crippen LogP contribution in [-0.4, -0.2) is 17.0 Å². The fourth-order valence-corrected chi connectivity index (χ4v) is 2.91. The predicted octanol–water partition coefficient (Wildman–Crippen LogP) is 4.02. The summed E-state index contributed by atoms with van der Waals surface area (Å²) in [6, 6.07) is 4.93. The van der Waals surface area contributed by atoms with Gasteiger partial charge in [0.25, 0.3) is 0 Å². The third-order valence-corrected chi connectivity index (χ3v) is 3.94. The van der Waals surface area contributed by atoms with Gasteiger partial charge in [-0.25, -0.2) is 4.39 Å². The van der Waals surface area contributed by atoms with Crippen molar-refractivity contribution in [2.24, 2.45) is 10.9 Å². The Morgan fingerprint density at radius 2 is 2.29 bits per heavy atom. The van der Waals surface area contributed by atoms with Crippen molar-refractivity contribution in [2.45, 2.75) is 19.9 Å². The molecule has 0 aromatic heterocycles. The molecule has 1 heterocycles. The summed E-state index contributed by atoms with van der Waals surface area (Å²) in [5.41, 5.74) is 0.310. The lowest BCUT2D eigenvalue weighted by Crippen LogP contribution is -2.12. The Hall–Kier alpha value is -0.740. The Bertz CT molecular complexity index is 428. The van der Waals surface area contributed by atoms with Crippen LogP contribution in [0.25, 0.3) is 0 Å². The molecule has 2 nitrogen and oxygen atoms in total. The monoisotopic (exact) mass is 272 g/mol. The van der Waals surface area contributed by atoms with E-state index in [9.17, 15) is 4.39 Å². The molecule has 0 bridgehead atoms. The SMILES string of the molecule is CC(C)[C@H]1CSC(Nc2c(F)cccc2Cl)=N1. The van der Waals surface area contributed by atoms with E-state index in [0.29, 0.717) is 22.7 Å². The molecule has 92 valence electrons. The molecule has 0 spiro atoms. The molecule has 17 heavy (non-hydrogen) atoms. The van der Waals surface area contributed by atoms with Crippen LogP contribution in [0.5, 0.6) is 0 Å². The molecular weight excluding hydrogens is 259 g/mol. The third kappa shape index (κ3) is 2.93. The molecule has 0 unspecified atom stereocenters. The summed E-state index contributed by atoms with van der Waals surface area (Å²) in [6.07, 6.45) is 0. The van der Waals surface area contributed by atoms with Crippen LogP contribution in [0.4, 0.5) is 10.1 Å². The van der Waals surface area contributed by atoms with Crippen LogP contribution in [0, 0.1) is 11.7 Å². The minimum atomic E-state index is -0.353. The first kappa shape index (κ1) is 12.7. The highest BCUT2D eigenvalue weighted by Crippen LogP contribution is 2.29. The lowest BCUT2D eigenvalue weighted by molar-refractivity contribution is 0.543. The number of rotatable bonds is 2. The summed E-state index contributed by atoms with van der Waals surface area (Å²) in [4.78, 5) is 4.51. The van der Waals surface area contributed by atoms with Crippen molar-refractivity contribution in [3.8, 4) is 0 Å². The van der Waals surface area contributed by atoms with Crippen LogP contribution in [0.2, 0.25) is 5.02 Å². The second kappa shape index (κ2) is 5.27. The quantitative estimate of drug-likeness (QED) is 0.879. The molecule has 1 atom stereocenters. The van der Waals surface area contributed by atoms with Gasteiger partial charge in [0.1, 0.15) is 5.82 Å². The van der Waals surface area contributed by atoms with E-state index in [-0.39, 0.29) is 5.82 Å². The van der Waals surface area contributed by atoms with Gasteiger partial charge in [-0.2, -0.15) is 0 Å². The van der Waals surface area contributed by atoms with E-state index >= 15 is 0 Å². The van der Waals surface area contributed by atoms with Crippen molar-refractivity contribution in [2.75, 3.05) is 11.1 Å². The maximum absolute atomic E-state index is 13.5. The van der Waals surface area contributed by atoms with E-state index in [4.69, 9.17) is 11.6 Å². The van der Waals surface area contributed by atoms with Gasteiger partial charge in [0.15, 0.2) is 5.17 Å². The second-order valence-electron chi connectivity index (χ2n) is 4.28. The zero-order valence-corrected chi connectivity index (χ0v) is 11.3. The first-order valence-corrected chi connectivity index (χ1v) is 6.86.